The van der Waals surface area contributed by atoms with Crippen LogP contribution >= 0.6 is 11.3 Å². The van der Waals surface area contributed by atoms with Gasteiger partial charge in [0.2, 0.25) is 0 Å². The zero-order chi connectivity index (χ0) is 15.6. The number of thiophene rings is 1. The molecule has 0 bridgehead atoms. The number of fused-ring (bicyclic) bond motifs is 1. The third kappa shape index (κ3) is 3.86. The number of nitrogens with zero attached hydrogens (tertiary/aromatic N) is 1. The maximum Gasteiger partial charge on any atom is 0.254 e. The van der Waals surface area contributed by atoms with E-state index in [0.717, 1.165) is 37.3 Å². The van der Waals surface area contributed by atoms with Crippen molar-refractivity contribution in [2.45, 2.75) is 52.5 Å². The van der Waals surface area contributed by atoms with E-state index in [1.807, 2.05) is 11.9 Å². The molecule has 118 valence electrons. The second-order valence-electron chi connectivity index (χ2n) is 6.82. The summed E-state index contributed by atoms with van der Waals surface area (Å²) < 4.78 is 0. The molecule has 0 spiro atoms. The first-order valence-electron chi connectivity index (χ1n) is 8.00. The van der Waals surface area contributed by atoms with E-state index in [9.17, 15) is 4.79 Å². The Bertz CT molecular complexity index is 495. The molecule has 2 N–H and O–H groups in total. The standard InChI is InChI=1S/C17H28N2OS/c1-11(2)15(18)7-8-19(4)17(20)14-10-21-16-9-12(3)5-6-13(14)16/h10-12,15H,5-9,18H2,1-4H3. The lowest BCUT2D eigenvalue weighted by Crippen LogP contribution is -2.35. The number of hydrogen-bond acceptors (Lipinski definition) is 3. The first-order valence-corrected chi connectivity index (χ1v) is 8.88. The van der Waals surface area contributed by atoms with Gasteiger partial charge in [0.15, 0.2) is 0 Å². The number of rotatable bonds is 5. The smallest absolute Gasteiger partial charge is 0.254 e. The Hall–Kier alpha value is -0.870. The van der Waals surface area contributed by atoms with Crippen LogP contribution in [0.1, 0.15) is 54.4 Å². The minimum absolute atomic E-state index is 0.164. The van der Waals surface area contributed by atoms with Crippen molar-refractivity contribution in [1.29, 1.82) is 0 Å². The second-order valence-corrected chi connectivity index (χ2v) is 7.79. The van der Waals surface area contributed by atoms with Crippen molar-refractivity contribution in [1.82, 2.24) is 4.90 Å². The lowest BCUT2D eigenvalue weighted by atomic mass is 9.88. The topological polar surface area (TPSA) is 46.3 Å². The molecule has 2 rings (SSSR count). The molecule has 1 amide bonds. The molecule has 2 atom stereocenters. The van der Waals surface area contributed by atoms with Gasteiger partial charge < -0.3 is 10.6 Å². The van der Waals surface area contributed by atoms with Crippen LogP contribution in [-0.4, -0.2) is 30.4 Å². The molecule has 4 heteroatoms. The van der Waals surface area contributed by atoms with E-state index in [0.29, 0.717) is 5.92 Å². The Balaban J connectivity index is 2.00. The summed E-state index contributed by atoms with van der Waals surface area (Å²) in [5, 5.41) is 2.06. The van der Waals surface area contributed by atoms with Crippen LogP contribution in [0.5, 0.6) is 0 Å². The highest BCUT2D eigenvalue weighted by Gasteiger charge is 2.25. The first kappa shape index (κ1) is 16.5. The predicted molar refractivity (Wildman–Crippen MR) is 89.9 cm³/mol. The average molecular weight is 308 g/mol. The molecule has 0 saturated carbocycles. The summed E-state index contributed by atoms with van der Waals surface area (Å²) in [4.78, 5) is 15.9. The molecule has 0 aromatic carbocycles. The highest BCUT2D eigenvalue weighted by atomic mass is 32.1. The van der Waals surface area contributed by atoms with Gasteiger partial charge in [-0.3, -0.25) is 4.79 Å². The van der Waals surface area contributed by atoms with Gasteiger partial charge in [-0.15, -0.1) is 11.3 Å². The SMILES string of the molecule is CC1CCc2c(C(=O)N(C)CCC(N)C(C)C)csc2C1. The minimum Gasteiger partial charge on any atom is -0.342 e. The van der Waals surface area contributed by atoms with E-state index < -0.39 is 0 Å². The van der Waals surface area contributed by atoms with Crippen LogP contribution in [-0.2, 0) is 12.8 Å². The van der Waals surface area contributed by atoms with Crippen molar-refractivity contribution < 1.29 is 4.79 Å². The summed E-state index contributed by atoms with van der Waals surface area (Å²) in [5.41, 5.74) is 8.32. The molecule has 0 fully saturated rings. The van der Waals surface area contributed by atoms with Gasteiger partial charge in [-0.2, -0.15) is 0 Å². The summed E-state index contributed by atoms with van der Waals surface area (Å²) in [6, 6.07) is 0.164. The molecule has 0 radical (unpaired) electrons. The summed E-state index contributed by atoms with van der Waals surface area (Å²) >= 11 is 1.76. The van der Waals surface area contributed by atoms with Gasteiger partial charge >= 0.3 is 0 Å². The fourth-order valence-electron chi connectivity index (χ4n) is 2.84. The Labute approximate surface area is 132 Å². The van der Waals surface area contributed by atoms with Crippen LogP contribution in [0.2, 0.25) is 0 Å². The van der Waals surface area contributed by atoms with Crippen LogP contribution in [0.15, 0.2) is 5.38 Å². The molecule has 0 aliphatic heterocycles. The Morgan fingerprint density at radius 2 is 2.24 bits per heavy atom. The third-order valence-corrected chi connectivity index (χ3v) is 5.68. The lowest BCUT2D eigenvalue weighted by Gasteiger charge is -2.23. The normalized spacial score (nSPS) is 19.4. The third-order valence-electron chi connectivity index (χ3n) is 4.63. The van der Waals surface area contributed by atoms with Crippen LogP contribution < -0.4 is 5.73 Å². The fraction of sp³-hybridized carbons (Fsp3) is 0.706. The largest absolute Gasteiger partial charge is 0.342 e. The van der Waals surface area contributed by atoms with Crippen molar-refractivity contribution in [2.24, 2.45) is 17.6 Å². The molecule has 1 aliphatic carbocycles. The van der Waals surface area contributed by atoms with Gasteiger partial charge in [0.05, 0.1) is 5.56 Å². The highest BCUT2D eigenvalue weighted by Crippen LogP contribution is 2.33. The molecular weight excluding hydrogens is 280 g/mol. The number of carbonyl (C=O) groups is 1. The van der Waals surface area contributed by atoms with Crippen LogP contribution in [0.4, 0.5) is 0 Å². The van der Waals surface area contributed by atoms with Crippen LogP contribution in [0.3, 0.4) is 0 Å². The molecule has 1 aromatic heterocycles. The molecule has 2 unspecified atom stereocenters. The monoisotopic (exact) mass is 308 g/mol. The van der Waals surface area contributed by atoms with E-state index in [2.05, 4.69) is 26.2 Å². The number of carbonyl (C=O) groups excluding carboxylic acids is 1. The van der Waals surface area contributed by atoms with E-state index in [-0.39, 0.29) is 11.9 Å². The van der Waals surface area contributed by atoms with Gasteiger partial charge in [-0.05, 0) is 43.1 Å². The maximum absolute atomic E-state index is 12.6. The summed E-state index contributed by atoms with van der Waals surface area (Å²) in [6.07, 6.45) is 4.25. The van der Waals surface area contributed by atoms with Gasteiger partial charge in [-0.1, -0.05) is 20.8 Å². The van der Waals surface area contributed by atoms with Crippen molar-refractivity contribution in [3.63, 3.8) is 0 Å². The molecule has 3 nitrogen and oxygen atoms in total. The predicted octanol–water partition coefficient (Wildman–Crippen LogP) is 3.32. The first-order chi connectivity index (χ1) is 9.90. The summed E-state index contributed by atoms with van der Waals surface area (Å²) in [7, 11) is 1.89. The molecular formula is C17H28N2OS. The molecule has 1 heterocycles. The van der Waals surface area contributed by atoms with E-state index in [1.165, 1.54) is 16.9 Å². The highest BCUT2D eigenvalue weighted by molar-refractivity contribution is 7.10. The maximum atomic E-state index is 12.6. The zero-order valence-corrected chi connectivity index (χ0v) is 14.5. The average Bonchev–Trinajstić information content (AvgIpc) is 2.86. The number of amides is 1. The van der Waals surface area contributed by atoms with E-state index >= 15 is 0 Å². The quantitative estimate of drug-likeness (QED) is 0.907. The van der Waals surface area contributed by atoms with Crippen molar-refractivity contribution in [2.75, 3.05) is 13.6 Å². The van der Waals surface area contributed by atoms with E-state index in [4.69, 9.17) is 5.73 Å². The Morgan fingerprint density at radius 1 is 1.52 bits per heavy atom. The summed E-state index contributed by atoms with van der Waals surface area (Å²) in [6.45, 7) is 7.29. The second kappa shape index (κ2) is 6.93. The van der Waals surface area contributed by atoms with Crippen molar-refractivity contribution >= 4 is 17.2 Å². The van der Waals surface area contributed by atoms with Crippen LogP contribution in [0, 0.1) is 11.8 Å². The molecule has 1 aromatic rings. The van der Waals surface area contributed by atoms with Crippen molar-refractivity contribution in [3.8, 4) is 0 Å². The summed E-state index contributed by atoms with van der Waals surface area (Å²) in [5.74, 6) is 1.38. The minimum atomic E-state index is 0.164. The zero-order valence-electron chi connectivity index (χ0n) is 13.7. The van der Waals surface area contributed by atoms with Gasteiger partial charge in [-0.25, -0.2) is 0 Å². The van der Waals surface area contributed by atoms with Crippen LogP contribution in [0.25, 0.3) is 0 Å². The molecule has 1 aliphatic rings. The fourth-order valence-corrected chi connectivity index (χ4v) is 4.08. The van der Waals surface area contributed by atoms with Gasteiger partial charge in [0.1, 0.15) is 0 Å². The number of hydrogen-bond donors (Lipinski definition) is 1. The molecule has 21 heavy (non-hydrogen) atoms. The van der Waals surface area contributed by atoms with Gasteiger partial charge in [0.25, 0.3) is 5.91 Å². The van der Waals surface area contributed by atoms with Crippen molar-refractivity contribution in [3.05, 3.63) is 21.4 Å². The molecule has 0 saturated heterocycles. The number of nitrogens with two attached hydrogens (primary N) is 1. The van der Waals surface area contributed by atoms with Gasteiger partial charge in [0, 0.05) is 29.9 Å². The Morgan fingerprint density at radius 3 is 2.90 bits per heavy atom. The van der Waals surface area contributed by atoms with E-state index in [1.54, 1.807) is 11.3 Å². The lowest BCUT2D eigenvalue weighted by molar-refractivity contribution is 0.0788. The Kier molecular flexibility index (Phi) is 5.44.